The van der Waals surface area contributed by atoms with Crippen LogP contribution in [0.4, 0.5) is 0 Å². The van der Waals surface area contributed by atoms with Gasteiger partial charge in [-0.15, -0.1) is 0 Å². The van der Waals surface area contributed by atoms with Crippen LogP contribution in [0.15, 0.2) is 24.3 Å². The maximum atomic E-state index is 11.1. The topological polar surface area (TPSA) is 66.6 Å². The average molecular weight is 206 g/mol. The Hall–Kier alpha value is -1.39. The van der Waals surface area contributed by atoms with Crippen LogP contribution in [-0.2, 0) is 6.54 Å². The Labute approximate surface area is 88.3 Å². The molecule has 2 rings (SSSR count). The van der Waals surface area contributed by atoms with Crippen molar-refractivity contribution in [1.82, 2.24) is 4.90 Å². The molecule has 80 valence electrons. The summed E-state index contributed by atoms with van der Waals surface area (Å²) >= 11 is 0. The number of primary amides is 1. The molecule has 0 aliphatic carbocycles. The molecule has 4 heteroatoms. The number of likely N-dealkylation sites (tertiary alicyclic amines) is 1. The van der Waals surface area contributed by atoms with Crippen molar-refractivity contribution in [3.63, 3.8) is 0 Å². The van der Waals surface area contributed by atoms with Gasteiger partial charge < -0.3 is 10.8 Å². The molecule has 1 heterocycles. The van der Waals surface area contributed by atoms with Gasteiger partial charge in [-0.25, -0.2) is 0 Å². The summed E-state index contributed by atoms with van der Waals surface area (Å²) in [5.41, 5.74) is 6.77. The molecule has 1 aliphatic rings. The fourth-order valence-corrected chi connectivity index (χ4v) is 1.81. The van der Waals surface area contributed by atoms with Crippen LogP contribution in [0, 0.1) is 0 Å². The summed E-state index contributed by atoms with van der Waals surface area (Å²) in [6.07, 6.45) is -0.217. The summed E-state index contributed by atoms with van der Waals surface area (Å²) in [7, 11) is 0. The SMILES string of the molecule is NC(=O)c1ccccc1CN1CC(O)C1. The van der Waals surface area contributed by atoms with Gasteiger partial charge in [0.1, 0.15) is 0 Å². The molecule has 1 amide bonds. The summed E-state index contributed by atoms with van der Waals surface area (Å²) in [6.45, 7) is 2.02. The van der Waals surface area contributed by atoms with Gasteiger partial charge in [0, 0.05) is 25.2 Å². The number of carbonyl (C=O) groups is 1. The van der Waals surface area contributed by atoms with E-state index in [9.17, 15) is 4.79 Å². The van der Waals surface area contributed by atoms with Crippen molar-refractivity contribution >= 4 is 5.91 Å². The molecule has 0 atom stereocenters. The molecular formula is C11H14N2O2. The van der Waals surface area contributed by atoms with Gasteiger partial charge in [-0.2, -0.15) is 0 Å². The monoisotopic (exact) mass is 206 g/mol. The van der Waals surface area contributed by atoms with Gasteiger partial charge in [-0.1, -0.05) is 18.2 Å². The van der Waals surface area contributed by atoms with Gasteiger partial charge in [-0.3, -0.25) is 9.69 Å². The second-order valence-electron chi connectivity index (χ2n) is 3.87. The van der Waals surface area contributed by atoms with Crippen molar-refractivity contribution < 1.29 is 9.90 Å². The van der Waals surface area contributed by atoms with E-state index < -0.39 is 5.91 Å². The molecule has 15 heavy (non-hydrogen) atoms. The predicted octanol–water partition coefficient (Wildman–Crippen LogP) is -0.0380. The van der Waals surface area contributed by atoms with Crippen LogP contribution in [0.2, 0.25) is 0 Å². The molecule has 1 aliphatic heterocycles. The Morgan fingerprint density at radius 2 is 2.13 bits per heavy atom. The van der Waals surface area contributed by atoms with Crippen LogP contribution < -0.4 is 5.73 Å². The minimum absolute atomic E-state index is 0.217. The number of hydrogen-bond donors (Lipinski definition) is 2. The van der Waals surface area contributed by atoms with E-state index in [1.54, 1.807) is 12.1 Å². The number of aliphatic hydroxyl groups is 1. The molecule has 3 N–H and O–H groups in total. The second kappa shape index (κ2) is 4.00. The van der Waals surface area contributed by atoms with Gasteiger partial charge in [0.15, 0.2) is 0 Å². The minimum Gasteiger partial charge on any atom is -0.390 e. The standard InChI is InChI=1S/C11H14N2O2/c12-11(15)10-4-2-1-3-8(10)5-13-6-9(14)7-13/h1-4,9,14H,5-7H2,(H2,12,15). The van der Waals surface area contributed by atoms with Crippen molar-refractivity contribution in [2.24, 2.45) is 5.73 Å². The third kappa shape index (κ3) is 2.16. The number of amides is 1. The lowest BCUT2D eigenvalue weighted by Crippen LogP contribution is -2.50. The van der Waals surface area contributed by atoms with Crippen LogP contribution in [-0.4, -0.2) is 35.1 Å². The zero-order valence-corrected chi connectivity index (χ0v) is 8.39. The second-order valence-corrected chi connectivity index (χ2v) is 3.87. The van der Waals surface area contributed by atoms with Crippen molar-refractivity contribution in [3.8, 4) is 0 Å². The average Bonchev–Trinajstić information content (AvgIpc) is 2.16. The predicted molar refractivity (Wildman–Crippen MR) is 56.2 cm³/mol. The molecule has 4 nitrogen and oxygen atoms in total. The van der Waals surface area contributed by atoms with Crippen molar-refractivity contribution in [2.45, 2.75) is 12.6 Å². The van der Waals surface area contributed by atoms with Crippen LogP contribution in [0.1, 0.15) is 15.9 Å². The molecule has 1 saturated heterocycles. The molecule has 1 fully saturated rings. The summed E-state index contributed by atoms with van der Waals surface area (Å²) in [5, 5.41) is 9.14. The number of nitrogens with two attached hydrogens (primary N) is 1. The molecule has 0 unspecified atom stereocenters. The maximum Gasteiger partial charge on any atom is 0.249 e. The third-order valence-electron chi connectivity index (χ3n) is 2.61. The molecule has 0 spiro atoms. The highest BCUT2D eigenvalue weighted by atomic mass is 16.3. The Balaban J connectivity index is 2.10. The number of nitrogens with zero attached hydrogens (tertiary/aromatic N) is 1. The normalized spacial score (nSPS) is 17.4. The van der Waals surface area contributed by atoms with E-state index in [0.29, 0.717) is 25.2 Å². The van der Waals surface area contributed by atoms with Crippen LogP contribution in [0.25, 0.3) is 0 Å². The van der Waals surface area contributed by atoms with Gasteiger partial charge in [0.25, 0.3) is 0 Å². The first kappa shape index (κ1) is 10.1. The maximum absolute atomic E-state index is 11.1. The van der Waals surface area contributed by atoms with Gasteiger partial charge in [0.2, 0.25) is 5.91 Å². The van der Waals surface area contributed by atoms with Crippen molar-refractivity contribution in [2.75, 3.05) is 13.1 Å². The van der Waals surface area contributed by atoms with Gasteiger partial charge in [0.05, 0.1) is 6.10 Å². The number of rotatable bonds is 3. The molecular weight excluding hydrogens is 192 g/mol. The third-order valence-corrected chi connectivity index (χ3v) is 2.61. The lowest BCUT2D eigenvalue weighted by atomic mass is 10.0. The first-order valence-electron chi connectivity index (χ1n) is 4.95. The van der Waals surface area contributed by atoms with E-state index >= 15 is 0 Å². The number of hydrogen-bond acceptors (Lipinski definition) is 3. The highest BCUT2D eigenvalue weighted by Crippen LogP contribution is 2.15. The van der Waals surface area contributed by atoms with Crippen LogP contribution >= 0.6 is 0 Å². The number of aliphatic hydroxyl groups excluding tert-OH is 1. The zero-order chi connectivity index (χ0) is 10.8. The molecule has 1 aromatic carbocycles. The fourth-order valence-electron chi connectivity index (χ4n) is 1.81. The highest BCUT2D eigenvalue weighted by Gasteiger charge is 2.24. The largest absolute Gasteiger partial charge is 0.390 e. The fraction of sp³-hybridized carbons (Fsp3) is 0.364. The van der Waals surface area contributed by atoms with Crippen LogP contribution in [0.5, 0.6) is 0 Å². The Morgan fingerprint density at radius 3 is 2.73 bits per heavy atom. The minimum atomic E-state index is -0.397. The number of β-amino-alcohol motifs (C(OH)–C–C–N with tert-alkyl or cyclic N) is 1. The van der Waals surface area contributed by atoms with E-state index in [4.69, 9.17) is 10.8 Å². The number of benzene rings is 1. The first-order valence-corrected chi connectivity index (χ1v) is 4.95. The van der Waals surface area contributed by atoms with E-state index in [1.807, 2.05) is 12.1 Å². The highest BCUT2D eigenvalue weighted by molar-refractivity contribution is 5.94. The Morgan fingerprint density at radius 1 is 1.47 bits per heavy atom. The van der Waals surface area contributed by atoms with Crippen molar-refractivity contribution in [3.05, 3.63) is 35.4 Å². The molecule has 0 aromatic heterocycles. The van der Waals surface area contributed by atoms with E-state index in [-0.39, 0.29) is 6.10 Å². The zero-order valence-electron chi connectivity index (χ0n) is 8.39. The molecule has 0 radical (unpaired) electrons. The summed E-state index contributed by atoms with van der Waals surface area (Å²) < 4.78 is 0. The van der Waals surface area contributed by atoms with E-state index in [2.05, 4.69) is 4.90 Å². The van der Waals surface area contributed by atoms with Crippen LogP contribution in [0.3, 0.4) is 0 Å². The van der Waals surface area contributed by atoms with Gasteiger partial charge >= 0.3 is 0 Å². The first-order chi connectivity index (χ1) is 7.16. The van der Waals surface area contributed by atoms with Crippen molar-refractivity contribution in [1.29, 1.82) is 0 Å². The molecule has 1 aromatic rings. The number of carbonyl (C=O) groups excluding carboxylic acids is 1. The lowest BCUT2D eigenvalue weighted by molar-refractivity contribution is -0.00294. The van der Waals surface area contributed by atoms with Gasteiger partial charge in [-0.05, 0) is 11.6 Å². The Bertz CT molecular complexity index is 373. The lowest BCUT2D eigenvalue weighted by Gasteiger charge is -2.36. The summed E-state index contributed by atoms with van der Waals surface area (Å²) in [6, 6.07) is 7.31. The summed E-state index contributed by atoms with van der Waals surface area (Å²) in [5.74, 6) is -0.397. The van der Waals surface area contributed by atoms with E-state index in [0.717, 1.165) is 5.56 Å². The Kier molecular flexibility index (Phi) is 2.70. The smallest absolute Gasteiger partial charge is 0.249 e. The quantitative estimate of drug-likeness (QED) is 0.729. The molecule has 0 saturated carbocycles. The summed E-state index contributed by atoms with van der Waals surface area (Å²) in [4.78, 5) is 13.2. The van der Waals surface area contributed by atoms with E-state index in [1.165, 1.54) is 0 Å². The molecule has 0 bridgehead atoms.